The molecule has 42 heavy (non-hydrogen) atoms. The fourth-order valence-corrected chi connectivity index (χ4v) is 4.54. The molecular formula is C28H32ClF3N6O4. The van der Waals surface area contributed by atoms with E-state index < -0.39 is 29.6 Å². The van der Waals surface area contributed by atoms with Crippen LogP contribution in [-0.4, -0.2) is 59.6 Å². The van der Waals surface area contributed by atoms with Crippen molar-refractivity contribution in [2.75, 3.05) is 48.3 Å². The first-order valence-electron chi connectivity index (χ1n) is 13.6. The number of ether oxygens (including phenoxy) is 1. The second-order valence-corrected chi connectivity index (χ2v) is 10.0. The van der Waals surface area contributed by atoms with Gasteiger partial charge in [0.15, 0.2) is 5.69 Å². The molecule has 2 N–H and O–H groups in total. The summed E-state index contributed by atoms with van der Waals surface area (Å²) in [6.45, 7) is 4.35. The van der Waals surface area contributed by atoms with Crippen LogP contribution in [0.15, 0.2) is 47.0 Å². The van der Waals surface area contributed by atoms with E-state index in [4.69, 9.17) is 20.8 Å². The van der Waals surface area contributed by atoms with Crippen LogP contribution in [-0.2, 0) is 17.5 Å². The summed E-state index contributed by atoms with van der Waals surface area (Å²) in [6, 6.07) is 10.0. The second kappa shape index (κ2) is 14.3. The summed E-state index contributed by atoms with van der Waals surface area (Å²) in [4.78, 5) is 36.1. The number of carbonyl (C=O) groups excluding carboxylic acids is 2. The zero-order valence-electron chi connectivity index (χ0n) is 23.0. The number of anilines is 3. The van der Waals surface area contributed by atoms with E-state index in [2.05, 4.69) is 20.6 Å². The molecule has 10 nitrogen and oxygen atoms in total. The number of hydrogen-bond donors (Lipinski definition) is 2. The molecule has 0 spiro atoms. The van der Waals surface area contributed by atoms with Crippen molar-refractivity contribution in [2.45, 2.75) is 45.4 Å². The van der Waals surface area contributed by atoms with Crippen LogP contribution < -0.4 is 15.5 Å². The molecule has 0 atom stereocenters. The van der Waals surface area contributed by atoms with E-state index in [-0.39, 0.29) is 18.3 Å². The number of nitrogens with zero attached hydrogens (tertiary/aromatic N) is 4. The molecular weight excluding hydrogens is 577 g/mol. The normalized spacial score (nSPS) is 13.5. The third kappa shape index (κ3) is 8.28. The predicted molar refractivity (Wildman–Crippen MR) is 152 cm³/mol. The van der Waals surface area contributed by atoms with Crippen molar-refractivity contribution in [3.8, 4) is 0 Å². The largest absolute Gasteiger partial charge is 0.444 e. The van der Waals surface area contributed by atoms with Crippen molar-refractivity contribution in [3.63, 3.8) is 0 Å². The lowest BCUT2D eigenvalue weighted by Gasteiger charge is -2.24. The standard InChI is InChI=1S/C28H32ClF3N6O4/c1-2-37(27(40)41-18-19-9-4-5-10-21(19)29)16-8-13-33-22-12-11-20(17-34-22)35-25(39)23-24(28(30,31)32)36-26(42-23)38-14-6-3-7-15-38/h4-5,9-12,17H,2-3,6-8,13-16,18H2,1H3,(H,33,34)(H,35,39). The van der Waals surface area contributed by atoms with Crippen LogP contribution in [0.25, 0.3) is 0 Å². The average Bonchev–Trinajstić information content (AvgIpc) is 3.45. The third-order valence-corrected chi connectivity index (χ3v) is 6.97. The quantitative estimate of drug-likeness (QED) is 0.239. The molecule has 0 aliphatic carbocycles. The number of nitrogens with one attached hydrogen (secondary N) is 2. The minimum Gasteiger partial charge on any atom is -0.444 e. The van der Waals surface area contributed by atoms with E-state index in [9.17, 15) is 22.8 Å². The first-order chi connectivity index (χ1) is 20.2. The smallest absolute Gasteiger partial charge is 0.437 e. The summed E-state index contributed by atoms with van der Waals surface area (Å²) in [5, 5.41) is 6.03. The molecule has 2 amide bonds. The summed E-state index contributed by atoms with van der Waals surface area (Å²) in [5.41, 5.74) is -0.450. The Morgan fingerprint density at radius 1 is 1.14 bits per heavy atom. The predicted octanol–water partition coefficient (Wildman–Crippen LogP) is 6.45. The number of carbonyl (C=O) groups is 2. The van der Waals surface area contributed by atoms with Gasteiger partial charge in [0.05, 0.1) is 11.9 Å². The molecule has 1 fully saturated rings. The zero-order valence-corrected chi connectivity index (χ0v) is 23.8. The van der Waals surface area contributed by atoms with Crippen molar-refractivity contribution in [3.05, 3.63) is 64.6 Å². The topological polar surface area (TPSA) is 113 Å². The zero-order chi connectivity index (χ0) is 30.1. The fraction of sp³-hybridized carbons (Fsp3) is 0.429. The molecule has 1 aliphatic heterocycles. The summed E-state index contributed by atoms with van der Waals surface area (Å²) in [6.07, 6.45) is -0.781. The number of hydrogen-bond acceptors (Lipinski definition) is 8. The van der Waals surface area contributed by atoms with Crippen molar-refractivity contribution >= 4 is 41.1 Å². The Bertz CT molecular complexity index is 1350. The average molecular weight is 609 g/mol. The molecule has 1 aromatic carbocycles. The van der Waals surface area contributed by atoms with Gasteiger partial charge in [-0.1, -0.05) is 29.8 Å². The molecule has 0 saturated carbocycles. The Morgan fingerprint density at radius 3 is 2.57 bits per heavy atom. The monoisotopic (exact) mass is 608 g/mol. The van der Waals surface area contributed by atoms with Gasteiger partial charge in [0, 0.05) is 43.3 Å². The van der Waals surface area contributed by atoms with Gasteiger partial charge in [-0.25, -0.2) is 9.78 Å². The maximum atomic E-state index is 13.6. The Hall–Kier alpha value is -4.00. The second-order valence-electron chi connectivity index (χ2n) is 9.61. The van der Waals surface area contributed by atoms with Gasteiger partial charge in [-0.3, -0.25) is 4.79 Å². The molecule has 0 unspecified atom stereocenters. The Morgan fingerprint density at radius 2 is 1.90 bits per heavy atom. The number of aromatic nitrogens is 2. The van der Waals surface area contributed by atoms with Crippen LogP contribution in [0.5, 0.6) is 0 Å². The van der Waals surface area contributed by atoms with Gasteiger partial charge in [-0.05, 0) is 50.8 Å². The van der Waals surface area contributed by atoms with E-state index in [1.54, 1.807) is 34.1 Å². The van der Waals surface area contributed by atoms with Crippen molar-refractivity contribution < 1.29 is 31.9 Å². The van der Waals surface area contributed by atoms with Gasteiger partial charge in [0.25, 0.3) is 11.9 Å². The number of halogens is 4. The van der Waals surface area contributed by atoms with Crippen molar-refractivity contribution in [1.82, 2.24) is 14.9 Å². The maximum Gasteiger partial charge on any atom is 0.437 e. The minimum atomic E-state index is -4.85. The first kappa shape index (κ1) is 30.9. The molecule has 14 heteroatoms. The molecule has 0 radical (unpaired) electrons. The lowest BCUT2D eigenvalue weighted by atomic mass is 10.1. The SMILES string of the molecule is CCN(CCCNc1ccc(NC(=O)c2oc(N3CCCCC3)nc2C(F)(F)F)cn1)C(=O)OCc1ccccc1Cl. The highest BCUT2D eigenvalue weighted by Crippen LogP contribution is 2.35. The molecule has 4 rings (SSSR count). The third-order valence-electron chi connectivity index (χ3n) is 6.60. The molecule has 1 saturated heterocycles. The van der Waals surface area contributed by atoms with Crippen LogP contribution >= 0.6 is 11.6 Å². The molecule has 0 bridgehead atoms. The number of piperidine rings is 1. The number of amides is 2. The van der Waals surface area contributed by atoms with Crippen molar-refractivity contribution in [2.24, 2.45) is 0 Å². The lowest BCUT2D eigenvalue weighted by Crippen LogP contribution is -2.33. The fourth-order valence-electron chi connectivity index (χ4n) is 4.35. The van der Waals surface area contributed by atoms with Crippen LogP contribution in [0, 0.1) is 0 Å². The van der Waals surface area contributed by atoms with Gasteiger partial charge in [-0.15, -0.1) is 0 Å². The summed E-state index contributed by atoms with van der Waals surface area (Å²) < 4.78 is 51.5. The van der Waals surface area contributed by atoms with E-state index >= 15 is 0 Å². The van der Waals surface area contributed by atoms with E-state index in [1.165, 1.54) is 12.3 Å². The Kier molecular flexibility index (Phi) is 10.5. The molecule has 1 aliphatic rings. The number of benzene rings is 1. The van der Waals surface area contributed by atoms with Gasteiger partial charge < -0.3 is 29.6 Å². The summed E-state index contributed by atoms with van der Waals surface area (Å²) in [5.74, 6) is -1.47. The lowest BCUT2D eigenvalue weighted by molar-refractivity contribution is -0.141. The highest BCUT2D eigenvalue weighted by molar-refractivity contribution is 6.31. The van der Waals surface area contributed by atoms with Gasteiger partial charge in [0.2, 0.25) is 5.76 Å². The number of oxazole rings is 1. The van der Waals surface area contributed by atoms with E-state index in [0.717, 1.165) is 24.8 Å². The molecule has 3 heterocycles. The van der Waals surface area contributed by atoms with Gasteiger partial charge in [-0.2, -0.15) is 18.2 Å². The van der Waals surface area contributed by atoms with Gasteiger partial charge >= 0.3 is 12.3 Å². The maximum absolute atomic E-state index is 13.6. The molecule has 2 aromatic heterocycles. The molecule has 3 aromatic rings. The Labute approximate surface area is 246 Å². The van der Waals surface area contributed by atoms with E-state index in [0.29, 0.717) is 50.0 Å². The summed E-state index contributed by atoms with van der Waals surface area (Å²) >= 11 is 6.11. The summed E-state index contributed by atoms with van der Waals surface area (Å²) in [7, 11) is 0. The van der Waals surface area contributed by atoms with Gasteiger partial charge in [0.1, 0.15) is 12.4 Å². The number of rotatable bonds is 11. The highest BCUT2D eigenvalue weighted by Gasteiger charge is 2.42. The Balaban J connectivity index is 1.26. The number of pyridine rings is 1. The van der Waals surface area contributed by atoms with Crippen LogP contribution in [0.2, 0.25) is 5.02 Å². The minimum absolute atomic E-state index is 0.0770. The highest BCUT2D eigenvalue weighted by atomic mass is 35.5. The van der Waals surface area contributed by atoms with E-state index in [1.807, 2.05) is 13.0 Å². The van der Waals surface area contributed by atoms with Crippen LogP contribution in [0.4, 0.5) is 35.5 Å². The van der Waals surface area contributed by atoms with Crippen LogP contribution in [0.1, 0.15) is 54.4 Å². The first-order valence-corrected chi connectivity index (χ1v) is 14.0. The number of alkyl halides is 3. The molecule has 226 valence electrons. The van der Waals surface area contributed by atoms with Crippen LogP contribution in [0.3, 0.4) is 0 Å². The van der Waals surface area contributed by atoms with Crippen molar-refractivity contribution in [1.29, 1.82) is 0 Å².